The molecule has 1 heterocycles. The molecule has 3 rings (SSSR count). The molecule has 2 unspecified atom stereocenters. The van der Waals surface area contributed by atoms with Gasteiger partial charge in [0, 0.05) is 12.2 Å². The Balaban J connectivity index is 1.41. The molecule has 20 heavy (non-hydrogen) atoms. The normalized spacial score (nSPS) is 27.2. The number of fused-ring (bicyclic) bond motifs is 1. The zero-order chi connectivity index (χ0) is 13.8. The van der Waals surface area contributed by atoms with Gasteiger partial charge in [0.1, 0.15) is 0 Å². The molecule has 1 saturated carbocycles. The molecule has 2 atom stereocenters. The lowest BCUT2D eigenvalue weighted by molar-refractivity contribution is 0.0862. The molecular weight excluding hydrogens is 244 g/mol. The molecule has 0 radical (unpaired) electrons. The van der Waals surface area contributed by atoms with Gasteiger partial charge in [-0.1, -0.05) is 31.4 Å². The van der Waals surface area contributed by atoms with E-state index in [1.165, 1.54) is 70.1 Å². The Hall–Kier alpha value is -1.02. The third-order valence-electron chi connectivity index (χ3n) is 5.29. The van der Waals surface area contributed by atoms with Crippen LogP contribution in [0.15, 0.2) is 24.3 Å². The van der Waals surface area contributed by atoms with Crippen LogP contribution < -0.4 is 5.73 Å². The van der Waals surface area contributed by atoms with Crippen LogP contribution in [-0.4, -0.2) is 24.5 Å². The number of hydrogen-bond acceptors (Lipinski definition) is 2. The molecule has 0 amide bonds. The Kier molecular flexibility index (Phi) is 4.62. The molecule has 1 saturated heterocycles. The third-order valence-corrected chi connectivity index (χ3v) is 5.29. The molecule has 2 N–H and O–H groups in total. The summed E-state index contributed by atoms with van der Waals surface area (Å²) in [4.78, 5) is 2.71. The van der Waals surface area contributed by atoms with Gasteiger partial charge in [0.15, 0.2) is 0 Å². The fourth-order valence-electron chi connectivity index (χ4n) is 4.07. The van der Waals surface area contributed by atoms with Crippen molar-refractivity contribution in [3.05, 3.63) is 29.8 Å². The van der Waals surface area contributed by atoms with Crippen LogP contribution in [0.25, 0.3) is 0 Å². The van der Waals surface area contributed by atoms with E-state index in [1.54, 1.807) is 0 Å². The van der Waals surface area contributed by atoms with E-state index in [9.17, 15) is 0 Å². The molecule has 2 nitrogen and oxygen atoms in total. The number of likely N-dealkylation sites (tertiary alicyclic amines) is 1. The Morgan fingerprint density at radius 3 is 2.55 bits per heavy atom. The molecule has 2 fully saturated rings. The summed E-state index contributed by atoms with van der Waals surface area (Å²) in [6.07, 6.45) is 9.86. The molecule has 1 aromatic carbocycles. The average molecular weight is 272 g/mol. The summed E-state index contributed by atoms with van der Waals surface area (Å²) in [6.45, 7) is 3.98. The Morgan fingerprint density at radius 1 is 1.00 bits per heavy atom. The van der Waals surface area contributed by atoms with E-state index >= 15 is 0 Å². The van der Waals surface area contributed by atoms with E-state index in [-0.39, 0.29) is 0 Å². The number of anilines is 1. The Labute approximate surface area is 123 Å². The largest absolute Gasteiger partial charge is 0.399 e. The summed E-state index contributed by atoms with van der Waals surface area (Å²) in [6, 6.07) is 8.37. The summed E-state index contributed by atoms with van der Waals surface area (Å²) < 4.78 is 0. The van der Waals surface area contributed by atoms with Crippen molar-refractivity contribution in [2.45, 2.75) is 44.9 Å². The van der Waals surface area contributed by atoms with Gasteiger partial charge in [-0.15, -0.1) is 0 Å². The minimum Gasteiger partial charge on any atom is -0.399 e. The number of nitrogens with two attached hydrogens (primary N) is 1. The van der Waals surface area contributed by atoms with Gasteiger partial charge in [0.25, 0.3) is 0 Å². The van der Waals surface area contributed by atoms with Crippen LogP contribution in [0.4, 0.5) is 5.69 Å². The number of benzene rings is 1. The molecule has 110 valence electrons. The standard InChI is InChI=1S/C18H28N2/c19-18-9-7-15(8-10-18)4-3-12-20-13-11-16-5-1-2-6-17(16)14-20/h7-10,16-17H,1-6,11-14,19H2. The van der Waals surface area contributed by atoms with Crippen molar-refractivity contribution in [1.29, 1.82) is 0 Å². The quantitative estimate of drug-likeness (QED) is 0.847. The van der Waals surface area contributed by atoms with Gasteiger partial charge >= 0.3 is 0 Å². The van der Waals surface area contributed by atoms with Crippen molar-refractivity contribution in [2.75, 3.05) is 25.4 Å². The molecule has 1 aromatic rings. The SMILES string of the molecule is Nc1ccc(CCCN2CCC3CCCCC3C2)cc1. The van der Waals surface area contributed by atoms with E-state index in [0.29, 0.717) is 0 Å². The van der Waals surface area contributed by atoms with Gasteiger partial charge in [0.2, 0.25) is 0 Å². The predicted molar refractivity (Wildman–Crippen MR) is 85.7 cm³/mol. The van der Waals surface area contributed by atoms with Gasteiger partial charge in [-0.2, -0.15) is 0 Å². The first kappa shape index (κ1) is 13.9. The van der Waals surface area contributed by atoms with Crippen molar-refractivity contribution >= 4 is 5.69 Å². The highest BCUT2D eigenvalue weighted by Crippen LogP contribution is 2.35. The first-order valence-electron chi connectivity index (χ1n) is 8.38. The number of aryl methyl sites for hydroxylation is 1. The van der Waals surface area contributed by atoms with Crippen molar-refractivity contribution < 1.29 is 0 Å². The second-order valence-electron chi connectivity index (χ2n) is 6.74. The first-order chi connectivity index (χ1) is 9.81. The van der Waals surface area contributed by atoms with E-state index in [4.69, 9.17) is 5.73 Å². The van der Waals surface area contributed by atoms with Gasteiger partial charge in [-0.25, -0.2) is 0 Å². The molecular formula is C18H28N2. The molecule has 0 aromatic heterocycles. The van der Waals surface area contributed by atoms with Crippen molar-refractivity contribution in [3.63, 3.8) is 0 Å². The van der Waals surface area contributed by atoms with Crippen LogP contribution in [0.3, 0.4) is 0 Å². The zero-order valence-electron chi connectivity index (χ0n) is 12.6. The van der Waals surface area contributed by atoms with E-state index in [2.05, 4.69) is 17.0 Å². The summed E-state index contributed by atoms with van der Waals surface area (Å²) in [5, 5.41) is 0. The number of piperidine rings is 1. The summed E-state index contributed by atoms with van der Waals surface area (Å²) in [5.41, 5.74) is 8.02. The van der Waals surface area contributed by atoms with Crippen molar-refractivity contribution in [2.24, 2.45) is 11.8 Å². The highest BCUT2D eigenvalue weighted by atomic mass is 15.1. The third kappa shape index (κ3) is 3.54. The second-order valence-corrected chi connectivity index (χ2v) is 6.74. The Morgan fingerprint density at radius 2 is 1.75 bits per heavy atom. The minimum absolute atomic E-state index is 0.869. The molecule has 0 spiro atoms. The number of nitrogen functional groups attached to an aromatic ring is 1. The number of rotatable bonds is 4. The summed E-state index contributed by atoms with van der Waals surface area (Å²) in [7, 11) is 0. The van der Waals surface area contributed by atoms with Gasteiger partial charge in [-0.3, -0.25) is 0 Å². The maximum atomic E-state index is 5.73. The van der Waals surface area contributed by atoms with Crippen molar-refractivity contribution in [3.8, 4) is 0 Å². The predicted octanol–water partition coefficient (Wildman–Crippen LogP) is 3.71. The van der Waals surface area contributed by atoms with Gasteiger partial charge < -0.3 is 10.6 Å². The van der Waals surface area contributed by atoms with Crippen LogP contribution in [-0.2, 0) is 6.42 Å². The monoisotopic (exact) mass is 272 g/mol. The Bertz CT molecular complexity index is 412. The fourth-order valence-corrected chi connectivity index (χ4v) is 4.07. The summed E-state index contributed by atoms with van der Waals surface area (Å²) >= 11 is 0. The van der Waals surface area contributed by atoms with E-state index < -0.39 is 0 Å². The van der Waals surface area contributed by atoms with E-state index in [0.717, 1.165) is 17.5 Å². The minimum atomic E-state index is 0.869. The maximum absolute atomic E-state index is 5.73. The maximum Gasteiger partial charge on any atom is 0.0314 e. The van der Waals surface area contributed by atoms with Crippen LogP contribution in [0.2, 0.25) is 0 Å². The van der Waals surface area contributed by atoms with Gasteiger partial charge in [-0.05, 0) is 68.3 Å². The summed E-state index contributed by atoms with van der Waals surface area (Å²) in [5.74, 6) is 2.06. The molecule has 1 aliphatic carbocycles. The average Bonchev–Trinajstić information content (AvgIpc) is 2.49. The van der Waals surface area contributed by atoms with E-state index in [1.807, 2.05) is 12.1 Å². The lowest BCUT2D eigenvalue weighted by atomic mass is 9.75. The second kappa shape index (κ2) is 6.62. The first-order valence-corrected chi connectivity index (χ1v) is 8.38. The van der Waals surface area contributed by atoms with Crippen LogP contribution in [0.1, 0.15) is 44.1 Å². The highest BCUT2D eigenvalue weighted by molar-refractivity contribution is 5.39. The number of nitrogens with zero attached hydrogens (tertiary/aromatic N) is 1. The van der Waals surface area contributed by atoms with Gasteiger partial charge in [0.05, 0.1) is 0 Å². The molecule has 0 bridgehead atoms. The highest BCUT2D eigenvalue weighted by Gasteiger charge is 2.30. The fraction of sp³-hybridized carbons (Fsp3) is 0.667. The van der Waals surface area contributed by atoms with Crippen LogP contribution in [0, 0.1) is 11.8 Å². The lowest BCUT2D eigenvalue weighted by Crippen LogP contribution is -2.42. The smallest absolute Gasteiger partial charge is 0.0314 e. The molecule has 2 aliphatic rings. The number of hydrogen-bond donors (Lipinski definition) is 1. The molecule has 1 aliphatic heterocycles. The van der Waals surface area contributed by atoms with Crippen LogP contribution in [0.5, 0.6) is 0 Å². The van der Waals surface area contributed by atoms with Crippen LogP contribution >= 0.6 is 0 Å². The zero-order valence-corrected chi connectivity index (χ0v) is 12.6. The topological polar surface area (TPSA) is 29.3 Å². The molecule has 2 heteroatoms. The van der Waals surface area contributed by atoms with Crippen molar-refractivity contribution in [1.82, 2.24) is 4.90 Å². The lowest BCUT2D eigenvalue weighted by Gasteiger charge is -2.41.